The molecule has 0 bridgehead atoms. The van der Waals surface area contributed by atoms with Crippen LogP contribution in [-0.4, -0.2) is 62.8 Å². The van der Waals surface area contributed by atoms with Crippen LogP contribution in [0.3, 0.4) is 0 Å². The van der Waals surface area contributed by atoms with E-state index < -0.39 is 12.7 Å². The molecule has 30 heavy (non-hydrogen) atoms. The van der Waals surface area contributed by atoms with Crippen molar-refractivity contribution in [3.63, 3.8) is 0 Å². The fourth-order valence-electron chi connectivity index (χ4n) is 4.01. The number of aliphatic imine (C=N–C) groups is 1. The maximum atomic E-state index is 12.5. The van der Waals surface area contributed by atoms with E-state index in [1.54, 1.807) is 7.05 Å². The normalized spacial score (nSPS) is 21.4. The van der Waals surface area contributed by atoms with E-state index in [-0.39, 0.29) is 30.0 Å². The number of guanidine groups is 1. The molecule has 0 amide bonds. The van der Waals surface area contributed by atoms with E-state index in [2.05, 4.69) is 51.7 Å². The zero-order chi connectivity index (χ0) is 20.9. The van der Waals surface area contributed by atoms with Gasteiger partial charge < -0.3 is 15.5 Å². The van der Waals surface area contributed by atoms with Gasteiger partial charge in [-0.05, 0) is 42.9 Å². The Labute approximate surface area is 194 Å². The molecule has 0 radical (unpaired) electrons. The van der Waals surface area contributed by atoms with Crippen LogP contribution < -0.4 is 15.5 Å². The van der Waals surface area contributed by atoms with Gasteiger partial charge in [-0.15, -0.1) is 24.0 Å². The summed E-state index contributed by atoms with van der Waals surface area (Å²) in [5.74, 6) is 1.44. The highest BCUT2D eigenvalue weighted by atomic mass is 127. The van der Waals surface area contributed by atoms with Crippen molar-refractivity contribution < 1.29 is 13.2 Å². The van der Waals surface area contributed by atoms with Crippen LogP contribution >= 0.6 is 24.0 Å². The standard InChI is InChI=1S/C21H32F3N5.HI/c1-16-7-11-29(12-8-16)19-5-3-17(4-6-19)13-26-20(25-2)27-18-9-10-28(14-18)15-21(22,23)24;/h3-6,16,18H,7-15H2,1-2H3,(H2,25,26,27);1H. The van der Waals surface area contributed by atoms with E-state index in [1.807, 2.05) is 0 Å². The van der Waals surface area contributed by atoms with Crippen molar-refractivity contribution in [2.45, 2.75) is 44.9 Å². The van der Waals surface area contributed by atoms with Crippen molar-refractivity contribution in [1.29, 1.82) is 0 Å². The second-order valence-corrected chi connectivity index (χ2v) is 8.24. The molecule has 5 nitrogen and oxygen atoms in total. The van der Waals surface area contributed by atoms with Gasteiger partial charge in [-0.25, -0.2) is 0 Å². The quantitative estimate of drug-likeness (QED) is 0.339. The number of anilines is 1. The highest BCUT2D eigenvalue weighted by Crippen LogP contribution is 2.23. The van der Waals surface area contributed by atoms with E-state index in [4.69, 9.17) is 0 Å². The van der Waals surface area contributed by atoms with Gasteiger partial charge in [0.2, 0.25) is 0 Å². The SMILES string of the molecule is CN=C(NCc1ccc(N2CCC(C)CC2)cc1)NC1CCN(CC(F)(F)F)C1.I. The van der Waals surface area contributed by atoms with E-state index in [9.17, 15) is 13.2 Å². The van der Waals surface area contributed by atoms with Crippen LogP contribution in [0.15, 0.2) is 29.3 Å². The molecule has 1 atom stereocenters. The third kappa shape index (κ3) is 7.79. The van der Waals surface area contributed by atoms with Crippen LogP contribution in [0.1, 0.15) is 31.7 Å². The van der Waals surface area contributed by atoms with Gasteiger partial charge in [0.05, 0.1) is 6.54 Å². The number of alkyl halides is 3. The van der Waals surface area contributed by atoms with Crippen LogP contribution in [0, 0.1) is 5.92 Å². The number of nitrogens with one attached hydrogen (secondary N) is 2. The molecule has 2 aliphatic rings. The van der Waals surface area contributed by atoms with Crippen LogP contribution in [0.4, 0.5) is 18.9 Å². The second-order valence-electron chi connectivity index (χ2n) is 8.24. The highest BCUT2D eigenvalue weighted by molar-refractivity contribution is 14.0. The number of hydrogen-bond donors (Lipinski definition) is 2. The second kappa shape index (κ2) is 11.4. The lowest BCUT2D eigenvalue weighted by Gasteiger charge is -2.32. The number of nitrogens with zero attached hydrogens (tertiary/aromatic N) is 3. The predicted molar refractivity (Wildman–Crippen MR) is 127 cm³/mol. The molecule has 1 aromatic rings. The third-order valence-electron chi connectivity index (χ3n) is 5.78. The summed E-state index contributed by atoms with van der Waals surface area (Å²) in [6, 6.07) is 8.54. The molecule has 9 heteroatoms. The number of piperidine rings is 1. The summed E-state index contributed by atoms with van der Waals surface area (Å²) in [6.07, 6.45) is -0.979. The monoisotopic (exact) mass is 539 g/mol. The lowest BCUT2D eigenvalue weighted by molar-refractivity contribution is -0.143. The van der Waals surface area contributed by atoms with Gasteiger partial charge >= 0.3 is 6.18 Å². The van der Waals surface area contributed by atoms with Gasteiger partial charge in [0.25, 0.3) is 0 Å². The molecule has 2 heterocycles. The third-order valence-corrected chi connectivity index (χ3v) is 5.78. The molecule has 0 aliphatic carbocycles. The van der Waals surface area contributed by atoms with Crippen molar-refractivity contribution in [2.75, 3.05) is 44.7 Å². The maximum Gasteiger partial charge on any atom is 0.401 e. The van der Waals surface area contributed by atoms with Crippen LogP contribution in [-0.2, 0) is 6.54 Å². The molecule has 3 rings (SSSR count). The first kappa shape index (κ1) is 25.0. The minimum atomic E-state index is -4.15. The lowest BCUT2D eigenvalue weighted by Crippen LogP contribution is -2.44. The Hall–Kier alpha value is -1.23. The zero-order valence-corrected chi connectivity index (χ0v) is 20.0. The minimum Gasteiger partial charge on any atom is -0.372 e. The fraction of sp³-hybridized carbons (Fsp3) is 0.667. The first-order valence-electron chi connectivity index (χ1n) is 10.4. The molecule has 0 spiro atoms. The Morgan fingerprint density at radius 2 is 1.77 bits per heavy atom. The average molecular weight is 539 g/mol. The van der Waals surface area contributed by atoms with Gasteiger partial charge in [0, 0.05) is 51.5 Å². The molecule has 0 aromatic heterocycles. The minimum absolute atomic E-state index is 0. The largest absolute Gasteiger partial charge is 0.401 e. The van der Waals surface area contributed by atoms with Crippen molar-refractivity contribution in [3.05, 3.63) is 29.8 Å². The summed E-state index contributed by atoms with van der Waals surface area (Å²) in [6.45, 7) is 5.14. The van der Waals surface area contributed by atoms with Crippen molar-refractivity contribution in [1.82, 2.24) is 15.5 Å². The number of rotatable bonds is 5. The summed E-state index contributed by atoms with van der Waals surface area (Å²) in [7, 11) is 1.68. The lowest BCUT2D eigenvalue weighted by atomic mass is 9.99. The van der Waals surface area contributed by atoms with Gasteiger partial charge in [0.15, 0.2) is 5.96 Å². The zero-order valence-electron chi connectivity index (χ0n) is 17.7. The summed E-state index contributed by atoms with van der Waals surface area (Å²) < 4.78 is 37.6. The van der Waals surface area contributed by atoms with E-state index in [0.29, 0.717) is 32.0 Å². The fourth-order valence-corrected chi connectivity index (χ4v) is 4.01. The molecular formula is C21H33F3IN5. The molecule has 2 saturated heterocycles. The first-order chi connectivity index (χ1) is 13.8. The summed E-state index contributed by atoms with van der Waals surface area (Å²) in [5, 5.41) is 6.51. The summed E-state index contributed by atoms with van der Waals surface area (Å²) >= 11 is 0. The predicted octanol–water partition coefficient (Wildman–Crippen LogP) is 3.84. The van der Waals surface area contributed by atoms with Gasteiger partial charge in [-0.3, -0.25) is 9.89 Å². The molecule has 170 valence electrons. The molecule has 2 aliphatic heterocycles. The topological polar surface area (TPSA) is 42.9 Å². The van der Waals surface area contributed by atoms with Crippen molar-refractivity contribution >= 4 is 35.6 Å². The van der Waals surface area contributed by atoms with Crippen molar-refractivity contribution in [2.24, 2.45) is 10.9 Å². The molecule has 0 saturated carbocycles. The first-order valence-corrected chi connectivity index (χ1v) is 10.4. The average Bonchev–Trinajstić information content (AvgIpc) is 3.11. The molecular weight excluding hydrogens is 506 g/mol. The van der Waals surface area contributed by atoms with Gasteiger partial charge in [-0.1, -0.05) is 19.1 Å². The molecule has 2 fully saturated rings. The van der Waals surface area contributed by atoms with Crippen LogP contribution in [0.2, 0.25) is 0 Å². The van der Waals surface area contributed by atoms with Gasteiger partial charge in [0.1, 0.15) is 0 Å². The Kier molecular flexibility index (Phi) is 9.52. The number of benzene rings is 1. The summed E-state index contributed by atoms with van der Waals surface area (Å²) in [5.41, 5.74) is 2.41. The molecule has 2 N–H and O–H groups in total. The Morgan fingerprint density at radius 1 is 1.10 bits per heavy atom. The smallest absolute Gasteiger partial charge is 0.372 e. The number of hydrogen-bond acceptors (Lipinski definition) is 3. The van der Waals surface area contributed by atoms with Gasteiger partial charge in [-0.2, -0.15) is 13.2 Å². The molecule has 1 unspecified atom stereocenters. The van der Waals surface area contributed by atoms with E-state index >= 15 is 0 Å². The molecule has 1 aromatic carbocycles. The number of likely N-dealkylation sites (tertiary alicyclic amines) is 1. The van der Waals surface area contributed by atoms with E-state index in [0.717, 1.165) is 24.6 Å². The van der Waals surface area contributed by atoms with Crippen LogP contribution in [0.25, 0.3) is 0 Å². The summed E-state index contributed by atoms with van der Waals surface area (Å²) in [4.78, 5) is 8.08. The Balaban J connectivity index is 0.00000320. The Morgan fingerprint density at radius 3 is 2.37 bits per heavy atom. The Bertz CT molecular complexity index is 672. The maximum absolute atomic E-state index is 12.5. The number of halogens is 4. The highest BCUT2D eigenvalue weighted by Gasteiger charge is 2.34. The van der Waals surface area contributed by atoms with Crippen LogP contribution in [0.5, 0.6) is 0 Å². The van der Waals surface area contributed by atoms with Crippen molar-refractivity contribution in [3.8, 4) is 0 Å². The van der Waals surface area contributed by atoms with E-state index in [1.165, 1.54) is 23.4 Å².